The van der Waals surface area contributed by atoms with Gasteiger partial charge in [0.15, 0.2) is 0 Å². The summed E-state index contributed by atoms with van der Waals surface area (Å²) in [6.45, 7) is 3.33. The Balaban J connectivity index is 1.40. The Kier molecular flexibility index (Phi) is 6.22. The fraction of sp³-hybridized carbons (Fsp3) is 0.333. The molecule has 0 spiro atoms. The molecule has 0 radical (unpaired) electrons. The van der Waals surface area contributed by atoms with Crippen LogP contribution >= 0.6 is 11.3 Å². The minimum atomic E-state index is -0.935. The lowest BCUT2D eigenvalue weighted by Gasteiger charge is -2.21. The molecule has 0 saturated carbocycles. The van der Waals surface area contributed by atoms with Crippen LogP contribution in [0.4, 0.5) is 5.69 Å². The zero-order valence-corrected chi connectivity index (χ0v) is 17.8. The molecular formula is C21H23N3O3S2. The second-order valence-electron chi connectivity index (χ2n) is 7.05. The number of amides is 1. The Morgan fingerprint density at radius 1 is 1.34 bits per heavy atom. The summed E-state index contributed by atoms with van der Waals surface area (Å²) in [6.07, 6.45) is 3.48. The quantitative estimate of drug-likeness (QED) is 0.617. The Bertz CT molecular complexity index is 1020. The lowest BCUT2D eigenvalue weighted by molar-refractivity contribution is 0.0991. The molecule has 1 aliphatic heterocycles. The number of hydrogen-bond donors (Lipinski definition) is 2. The molecule has 1 aromatic carbocycles. The molecule has 2 aromatic heterocycles. The van der Waals surface area contributed by atoms with Crippen LogP contribution < -0.4 is 5.32 Å². The lowest BCUT2D eigenvalue weighted by Crippen LogP contribution is -2.25. The first-order valence-corrected chi connectivity index (χ1v) is 11.8. The van der Waals surface area contributed by atoms with E-state index >= 15 is 0 Å². The van der Waals surface area contributed by atoms with Crippen LogP contribution in [0.1, 0.15) is 33.9 Å². The summed E-state index contributed by atoms with van der Waals surface area (Å²) in [4.78, 5) is 20.1. The molecule has 0 bridgehead atoms. The highest BCUT2D eigenvalue weighted by Gasteiger charge is 2.20. The third-order valence-corrected chi connectivity index (χ3v) is 7.48. The zero-order valence-electron chi connectivity index (χ0n) is 16.1. The number of benzene rings is 1. The number of H-pyrrole nitrogens is 1. The summed E-state index contributed by atoms with van der Waals surface area (Å²) in [5, 5.41) is 6.07. The number of aromatic nitrogens is 2. The maximum absolute atomic E-state index is 12.6. The highest BCUT2D eigenvalue weighted by atomic mass is 32.2. The fourth-order valence-corrected chi connectivity index (χ4v) is 5.41. The van der Waals surface area contributed by atoms with Gasteiger partial charge in [0.2, 0.25) is 0 Å². The second kappa shape index (κ2) is 9.02. The molecule has 8 heteroatoms. The molecular weight excluding hydrogens is 406 g/mol. The maximum atomic E-state index is 12.6. The van der Waals surface area contributed by atoms with Gasteiger partial charge in [-0.2, -0.15) is 0 Å². The van der Waals surface area contributed by atoms with Crippen molar-refractivity contribution < 1.29 is 13.7 Å². The van der Waals surface area contributed by atoms with E-state index in [9.17, 15) is 9.00 Å². The molecule has 29 heavy (non-hydrogen) atoms. The molecule has 1 fully saturated rings. The Morgan fingerprint density at radius 2 is 2.17 bits per heavy atom. The van der Waals surface area contributed by atoms with E-state index in [1.807, 2.05) is 36.6 Å². The number of rotatable bonds is 6. The van der Waals surface area contributed by atoms with Gasteiger partial charge < -0.3 is 15.0 Å². The van der Waals surface area contributed by atoms with Crippen molar-refractivity contribution in [3.05, 3.63) is 58.2 Å². The molecule has 3 heterocycles. The molecule has 1 amide bonds. The van der Waals surface area contributed by atoms with Crippen LogP contribution in [0.2, 0.25) is 0 Å². The zero-order chi connectivity index (χ0) is 20.2. The first-order chi connectivity index (χ1) is 14.1. The van der Waals surface area contributed by atoms with Gasteiger partial charge in [0.1, 0.15) is 5.69 Å². The summed E-state index contributed by atoms with van der Waals surface area (Å²) in [5.41, 5.74) is 3.87. The van der Waals surface area contributed by atoms with E-state index in [2.05, 4.69) is 15.3 Å². The molecule has 152 valence electrons. The van der Waals surface area contributed by atoms with Crippen LogP contribution in [-0.2, 0) is 21.3 Å². The number of ether oxygens (including phenoxy) is 1. The van der Waals surface area contributed by atoms with Crippen molar-refractivity contribution in [2.75, 3.05) is 18.5 Å². The van der Waals surface area contributed by atoms with Gasteiger partial charge in [-0.1, -0.05) is 12.1 Å². The summed E-state index contributed by atoms with van der Waals surface area (Å²) in [6, 6.07) is 9.36. The summed E-state index contributed by atoms with van der Waals surface area (Å²) < 4.78 is 18.0. The van der Waals surface area contributed by atoms with Gasteiger partial charge >= 0.3 is 0 Å². The van der Waals surface area contributed by atoms with Gasteiger partial charge in [0.05, 0.1) is 10.7 Å². The lowest BCUT2D eigenvalue weighted by atomic mass is 10.2. The highest BCUT2D eigenvalue weighted by Crippen LogP contribution is 2.23. The average Bonchev–Trinajstić information content (AvgIpc) is 3.38. The fourth-order valence-electron chi connectivity index (χ4n) is 3.33. The van der Waals surface area contributed by atoms with Gasteiger partial charge in [-0.05, 0) is 43.5 Å². The standard InChI is InChI=1S/C21H23N3O3S2/c1-14-23-20(12-28-14)16-10-19(22-11-16)21(25)24-17-4-2-3-15(9-17)13-29(26)18-5-7-27-8-6-18/h2-4,9-12,18,22H,5-8,13H2,1H3,(H,24,25). The van der Waals surface area contributed by atoms with Crippen LogP contribution in [0.25, 0.3) is 11.3 Å². The van der Waals surface area contributed by atoms with Gasteiger partial charge in [-0.15, -0.1) is 11.3 Å². The molecule has 4 rings (SSSR count). The normalized spacial score (nSPS) is 15.9. The molecule has 1 unspecified atom stereocenters. The van der Waals surface area contributed by atoms with Crippen molar-refractivity contribution >= 4 is 33.7 Å². The molecule has 3 aromatic rings. The van der Waals surface area contributed by atoms with E-state index in [1.165, 1.54) is 0 Å². The third kappa shape index (κ3) is 5.01. The van der Waals surface area contributed by atoms with Crippen molar-refractivity contribution in [3.63, 3.8) is 0 Å². The van der Waals surface area contributed by atoms with Gasteiger partial charge in [0, 0.05) is 57.8 Å². The number of nitrogens with zero attached hydrogens (tertiary/aromatic N) is 1. The molecule has 1 aliphatic rings. The van der Waals surface area contributed by atoms with Crippen LogP contribution in [-0.4, -0.2) is 38.5 Å². The second-order valence-corrected chi connectivity index (χ2v) is 9.82. The van der Waals surface area contributed by atoms with Crippen LogP contribution in [0.5, 0.6) is 0 Å². The average molecular weight is 430 g/mol. The van der Waals surface area contributed by atoms with Crippen LogP contribution in [0, 0.1) is 6.92 Å². The topological polar surface area (TPSA) is 84.1 Å². The molecule has 1 atom stereocenters. The minimum absolute atomic E-state index is 0.189. The van der Waals surface area contributed by atoms with E-state index in [0.717, 1.165) is 34.7 Å². The van der Waals surface area contributed by atoms with Crippen molar-refractivity contribution in [1.82, 2.24) is 9.97 Å². The highest BCUT2D eigenvalue weighted by molar-refractivity contribution is 7.84. The predicted octanol–water partition coefficient (Wildman–Crippen LogP) is 4.13. The van der Waals surface area contributed by atoms with Gasteiger partial charge in [0.25, 0.3) is 5.91 Å². The van der Waals surface area contributed by atoms with E-state index < -0.39 is 10.8 Å². The SMILES string of the molecule is Cc1nc(-c2c[nH]c(C(=O)Nc3cccc(CS(=O)C4CCOCC4)c3)c2)cs1. The molecule has 1 saturated heterocycles. The number of hydrogen-bond acceptors (Lipinski definition) is 5. The molecule has 6 nitrogen and oxygen atoms in total. The number of carbonyl (C=O) groups excluding carboxylic acids is 1. The number of carbonyl (C=O) groups is 1. The smallest absolute Gasteiger partial charge is 0.272 e. The maximum Gasteiger partial charge on any atom is 0.272 e. The number of anilines is 1. The van der Waals surface area contributed by atoms with Crippen molar-refractivity contribution in [2.24, 2.45) is 0 Å². The Labute approximate surface area is 176 Å². The van der Waals surface area contributed by atoms with E-state index in [-0.39, 0.29) is 11.2 Å². The minimum Gasteiger partial charge on any atom is -0.381 e. The first-order valence-electron chi connectivity index (χ1n) is 9.54. The Morgan fingerprint density at radius 3 is 2.93 bits per heavy atom. The summed E-state index contributed by atoms with van der Waals surface area (Å²) >= 11 is 1.58. The van der Waals surface area contributed by atoms with Crippen molar-refractivity contribution in [2.45, 2.75) is 30.8 Å². The number of aryl methyl sites for hydroxylation is 1. The largest absolute Gasteiger partial charge is 0.381 e. The van der Waals surface area contributed by atoms with Crippen molar-refractivity contribution in [3.8, 4) is 11.3 Å². The predicted molar refractivity (Wildman–Crippen MR) is 117 cm³/mol. The van der Waals surface area contributed by atoms with Gasteiger partial charge in [-0.3, -0.25) is 9.00 Å². The van der Waals surface area contributed by atoms with E-state index in [0.29, 0.717) is 30.3 Å². The van der Waals surface area contributed by atoms with E-state index in [4.69, 9.17) is 4.74 Å². The third-order valence-electron chi connectivity index (χ3n) is 4.88. The monoisotopic (exact) mass is 429 g/mol. The summed E-state index contributed by atoms with van der Waals surface area (Å²) in [7, 11) is -0.935. The van der Waals surface area contributed by atoms with Crippen LogP contribution in [0.15, 0.2) is 41.9 Å². The van der Waals surface area contributed by atoms with Crippen LogP contribution in [0.3, 0.4) is 0 Å². The Hall–Kier alpha value is -2.29. The van der Waals surface area contributed by atoms with Gasteiger partial charge in [-0.25, -0.2) is 4.98 Å². The first kappa shape index (κ1) is 20.0. The number of aromatic amines is 1. The van der Waals surface area contributed by atoms with Crippen molar-refractivity contribution in [1.29, 1.82) is 0 Å². The molecule has 2 N–H and O–H groups in total. The molecule has 0 aliphatic carbocycles. The number of thiazole rings is 1. The number of nitrogens with one attached hydrogen (secondary N) is 2. The van der Waals surface area contributed by atoms with E-state index in [1.54, 1.807) is 23.6 Å². The summed E-state index contributed by atoms with van der Waals surface area (Å²) in [5.74, 6) is 0.274.